The predicted molar refractivity (Wildman–Crippen MR) is 121 cm³/mol. The first-order chi connectivity index (χ1) is 13.3. The SMILES string of the molecule is CN=C(NCc1ccccc1OCc1ccccc1)NCc1ncnn1C.I. The average molecular weight is 492 g/mol. The molecule has 0 aliphatic carbocycles. The summed E-state index contributed by atoms with van der Waals surface area (Å²) in [5, 5.41) is 10.6. The number of nitrogens with zero attached hydrogens (tertiary/aromatic N) is 4. The summed E-state index contributed by atoms with van der Waals surface area (Å²) in [7, 11) is 3.60. The molecule has 1 heterocycles. The van der Waals surface area contributed by atoms with Crippen molar-refractivity contribution in [1.29, 1.82) is 0 Å². The number of nitrogens with one attached hydrogen (secondary N) is 2. The highest BCUT2D eigenvalue weighted by atomic mass is 127. The minimum Gasteiger partial charge on any atom is -0.489 e. The lowest BCUT2D eigenvalue weighted by molar-refractivity contribution is 0.302. The third-order valence-electron chi connectivity index (χ3n) is 4.10. The Bertz CT molecular complexity index is 881. The number of aryl methyl sites for hydroxylation is 1. The zero-order chi connectivity index (χ0) is 18.9. The van der Waals surface area contributed by atoms with E-state index in [2.05, 4.69) is 37.8 Å². The molecule has 0 spiro atoms. The van der Waals surface area contributed by atoms with E-state index in [9.17, 15) is 0 Å². The monoisotopic (exact) mass is 492 g/mol. The van der Waals surface area contributed by atoms with Crippen molar-refractivity contribution in [3.8, 4) is 5.75 Å². The number of benzene rings is 2. The number of guanidine groups is 1. The second-order valence-electron chi connectivity index (χ2n) is 5.96. The van der Waals surface area contributed by atoms with Crippen LogP contribution in [-0.4, -0.2) is 27.8 Å². The molecule has 0 fully saturated rings. The van der Waals surface area contributed by atoms with Gasteiger partial charge in [0.25, 0.3) is 0 Å². The van der Waals surface area contributed by atoms with Gasteiger partial charge in [-0.15, -0.1) is 24.0 Å². The average Bonchev–Trinajstić information content (AvgIpc) is 3.13. The number of hydrogen-bond acceptors (Lipinski definition) is 4. The van der Waals surface area contributed by atoms with Gasteiger partial charge < -0.3 is 15.4 Å². The highest BCUT2D eigenvalue weighted by molar-refractivity contribution is 14.0. The molecule has 148 valence electrons. The first kappa shape index (κ1) is 21.7. The Kier molecular flexibility index (Phi) is 8.73. The van der Waals surface area contributed by atoms with Crippen LogP contribution < -0.4 is 15.4 Å². The Hall–Kier alpha value is -2.62. The van der Waals surface area contributed by atoms with Crippen LogP contribution in [0.5, 0.6) is 5.75 Å². The van der Waals surface area contributed by atoms with Crippen LogP contribution in [0.1, 0.15) is 17.0 Å². The van der Waals surface area contributed by atoms with Crippen molar-refractivity contribution >= 4 is 29.9 Å². The summed E-state index contributed by atoms with van der Waals surface area (Å²) < 4.78 is 7.73. The van der Waals surface area contributed by atoms with E-state index >= 15 is 0 Å². The smallest absolute Gasteiger partial charge is 0.191 e. The molecule has 0 bridgehead atoms. The van der Waals surface area contributed by atoms with Crippen molar-refractivity contribution in [2.45, 2.75) is 19.7 Å². The van der Waals surface area contributed by atoms with Crippen molar-refractivity contribution in [3.63, 3.8) is 0 Å². The molecular weight excluding hydrogens is 467 g/mol. The number of rotatable bonds is 7. The molecule has 2 N–H and O–H groups in total. The van der Waals surface area contributed by atoms with E-state index < -0.39 is 0 Å². The Labute approximate surface area is 182 Å². The molecule has 0 amide bonds. The lowest BCUT2D eigenvalue weighted by atomic mass is 10.2. The number of para-hydroxylation sites is 1. The first-order valence-corrected chi connectivity index (χ1v) is 8.78. The number of halogens is 1. The van der Waals surface area contributed by atoms with Crippen LogP contribution >= 0.6 is 24.0 Å². The van der Waals surface area contributed by atoms with Gasteiger partial charge in [-0.2, -0.15) is 5.10 Å². The summed E-state index contributed by atoms with van der Waals surface area (Å²) in [6.45, 7) is 1.68. The summed E-state index contributed by atoms with van der Waals surface area (Å²) >= 11 is 0. The van der Waals surface area contributed by atoms with E-state index in [4.69, 9.17) is 4.74 Å². The van der Waals surface area contributed by atoms with Crippen LogP contribution in [0, 0.1) is 0 Å². The molecule has 0 saturated carbocycles. The largest absolute Gasteiger partial charge is 0.489 e. The van der Waals surface area contributed by atoms with E-state index in [0.717, 1.165) is 22.7 Å². The minimum absolute atomic E-state index is 0. The molecule has 0 atom stereocenters. The van der Waals surface area contributed by atoms with E-state index in [0.29, 0.717) is 25.7 Å². The maximum atomic E-state index is 6.00. The third-order valence-corrected chi connectivity index (χ3v) is 4.10. The summed E-state index contributed by atoms with van der Waals surface area (Å²) in [6, 6.07) is 18.1. The van der Waals surface area contributed by atoms with E-state index in [1.54, 1.807) is 11.7 Å². The zero-order valence-electron chi connectivity index (χ0n) is 16.0. The second-order valence-corrected chi connectivity index (χ2v) is 5.96. The summed E-state index contributed by atoms with van der Waals surface area (Å²) in [5.41, 5.74) is 2.21. The van der Waals surface area contributed by atoms with Crippen LogP contribution in [0.15, 0.2) is 65.9 Å². The van der Waals surface area contributed by atoms with Gasteiger partial charge in [-0.25, -0.2) is 4.98 Å². The maximum Gasteiger partial charge on any atom is 0.191 e. The van der Waals surface area contributed by atoms with Gasteiger partial charge >= 0.3 is 0 Å². The molecule has 28 heavy (non-hydrogen) atoms. The van der Waals surface area contributed by atoms with Crippen molar-refractivity contribution in [2.24, 2.45) is 12.0 Å². The number of aromatic nitrogens is 3. The van der Waals surface area contributed by atoms with E-state index in [-0.39, 0.29) is 24.0 Å². The van der Waals surface area contributed by atoms with Gasteiger partial charge in [0.05, 0.1) is 6.54 Å². The molecular formula is C20H25IN6O. The lowest BCUT2D eigenvalue weighted by Gasteiger charge is -2.15. The summed E-state index contributed by atoms with van der Waals surface area (Å²) in [5.74, 6) is 2.39. The van der Waals surface area contributed by atoms with Gasteiger partial charge in [0.2, 0.25) is 0 Å². The Morgan fingerprint density at radius 3 is 2.46 bits per heavy atom. The molecule has 7 nitrogen and oxygen atoms in total. The topological polar surface area (TPSA) is 76.4 Å². The Morgan fingerprint density at radius 2 is 1.75 bits per heavy atom. The molecule has 8 heteroatoms. The fraction of sp³-hybridized carbons (Fsp3) is 0.250. The van der Waals surface area contributed by atoms with Crippen LogP contribution in [0.3, 0.4) is 0 Å². The third kappa shape index (κ3) is 6.22. The number of hydrogen-bond donors (Lipinski definition) is 2. The van der Waals surface area contributed by atoms with Gasteiger partial charge in [-0.05, 0) is 11.6 Å². The van der Waals surface area contributed by atoms with Crippen molar-refractivity contribution in [3.05, 3.63) is 77.9 Å². The van der Waals surface area contributed by atoms with Crippen LogP contribution in [0.4, 0.5) is 0 Å². The molecule has 3 aromatic rings. The maximum absolute atomic E-state index is 6.00. The molecule has 0 aliphatic heterocycles. The van der Waals surface area contributed by atoms with Crippen molar-refractivity contribution < 1.29 is 4.74 Å². The van der Waals surface area contributed by atoms with Gasteiger partial charge in [-0.3, -0.25) is 9.67 Å². The second kappa shape index (κ2) is 11.3. The molecule has 0 radical (unpaired) electrons. The van der Waals surface area contributed by atoms with Gasteiger partial charge in [-0.1, -0.05) is 48.5 Å². The predicted octanol–water partition coefficient (Wildman–Crippen LogP) is 2.88. The normalized spacial score (nSPS) is 10.9. The van der Waals surface area contributed by atoms with Crippen molar-refractivity contribution in [1.82, 2.24) is 25.4 Å². The quantitative estimate of drug-likeness (QED) is 0.302. The molecule has 1 aromatic heterocycles. The minimum atomic E-state index is 0. The molecule has 2 aromatic carbocycles. The fourth-order valence-electron chi connectivity index (χ4n) is 2.57. The number of aliphatic imine (C=N–C) groups is 1. The standard InChI is InChI=1S/C20H24N6O.HI/c1-21-20(23-13-19-24-15-25-26(19)2)22-12-17-10-6-7-11-18(17)27-14-16-8-4-3-5-9-16;/h3-11,15H,12-14H2,1-2H3,(H2,21,22,23);1H. The van der Waals surface area contributed by atoms with Crippen LogP contribution in [0.25, 0.3) is 0 Å². The fourth-order valence-corrected chi connectivity index (χ4v) is 2.57. The van der Waals surface area contributed by atoms with E-state index in [1.807, 2.05) is 49.5 Å². The molecule has 0 saturated heterocycles. The van der Waals surface area contributed by atoms with Gasteiger partial charge in [0.1, 0.15) is 24.5 Å². The van der Waals surface area contributed by atoms with Gasteiger partial charge in [0, 0.05) is 26.2 Å². The zero-order valence-corrected chi connectivity index (χ0v) is 18.3. The number of ether oxygens (including phenoxy) is 1. The molecule has 3 rings (SSSR count). The summed E-state index contributed by atoms with van der Waals surface area (Å²) in [6.07, 6.45) is 1.54. The Balaban J connectivity index is 0.00000280. The lowest BCUT2D eigenvalue weighted by Crippen LogP contribution is -2.37. The highest BCUT2D eigenvalue weighted by Gasteiger charge is 2.06. The van der Waals surface area contributed by atoms with Crippen molar-refractivity contribution in [2.75, 3.05) is 7.05 Å². The van der Waals surface area contributed by atoms with E-state index in [1.165, 1.54) is 6.33 Å². The summed E-state index contributed by atoms with van der Waals surface area (Å²) in [4.78, 5) is 8.45. The Morgan fingerprint density at radius 1 is 1.04 bits per heavy atom. The first-order valence-electron chi connectivity index (χ1n) is 8.78. The molecule has 0 unspecified atom stereocenters. The van der Waals surface area contributed by atoms with Gasteiger partial charge in [0.15, 0.2) is 5.96 Å². The molecule has 0 aliphatic rings. The van der Waals surface area contributed by atoms with Crippen LogP contribution in [-0.2, 0) is 26.7 Å². The van der Waals surface area contributed by atoms with Crippen LogP contribution in [0.2, 0.25) is 0 Å². The highest BCUT2D eigenvalue weighted by Crippen LogP contribution is 2.19.